The number of aliphatic hydroxyl groups is 1. The van der Waals surface area contributed by atoms with Crippen molar-refractivity contribution in [3.8, 4) is 5.75 Å². The lowest BCUT2D eigenvalue weighted by Crippen LogP contribution is -2.01. The average molecular weight is 265 g/mol. The van der Waals surface area contributed by atoms with Crippen molar-refractivity contribution < 1.29 is 14.8 Å². The molecule has 0 fully saturated rings. The molecule has 1 rings (SSSR count). The van der Waals surface area contributed by atoms with Crippen molar-refractivity contribution in [3.63, 3.8) is 0 Å². The van der Waals surface area contributed by atoms with E-state index in [2.05, 4.69) is 6.58 Å². The van der Waals surface area contributed by atoms with Gasteiger partial charge in [-0.2, -0.15) is 0 Å². The molecule has 0 aliphatic carbocycles. The number of non-ortho nitro benzene ring substituents is 1. The van der Waals surface area contributed by atoms with Crippen LogP contribution in [0.5, 0.6) is 5.75 Å². The average Bonchev–Trinajstić information content (AvgIpc) is 2.42. The Balaban J connectivity index is 2.49. The minimum atomic E-state index is -0.488. The topological polar surface area (TPSA) is 72.6 Å². The summed E-state index contributed by atoms with van der Waals surface area (Å²) in [5.74, 6) is 0.511. The van der Waals surface area contributed by atoms with E-state index in [0.717, 1.165) is 25.7 Å². The summed E-state index contributed by atoms with van der Waals surface area (Å²) in [7, 11) is 0. The fraction of sp³-hybridized carbons (Fsp3) is 0.429. The maximum Gasteiger partial charge on any atom is 0.270 e. The molecule has 0 aromatic heterocycles. The van der Waals surface area contributed by atoms with Gasteiger partial charge in [0.25, 0.3) is 5.69 Å². The zero-order chi connectivity index (χ0) is 14.1. The van der Waals surface area contributed by atoms with Gasteiger partial charge in [-0.1, -0.05) is 6.08 Å². The van der Waals surface area contributed by atoms with Crippen LogP contribution in [0.15, 0.2) is 30.9 Å². The normalized spacial score (nSPS) is 10.2. The van der Waals surface area contributed by atoms with Gasteiger partial charge in [0.1, 0.15) is 5.75 Å². The molecule has 0 saturated carbocycles. The number of benzene rings is 1. The Bertz CT molecular complexity index is 431. The van der Waals surface area contributed by atoms with Crippen LogP contribution in [-0.2, 0) is 6.61 Å². The number of unbranched alkanes of at least 4 members (excludes halogenated alkanes) is 3. The number of hydrogen-bond acceptors (Lipinski definition) is 4. The Hall–Kier alpha value is -1.88. The molecule has 0 bridgehead atoms. The Kier molecular flexibility index (Phi) is 6.60. The second-order valence-electron chi connectivity index (χ2n) is 4.19. The summed E-state index contributed by atoms with van der Waals surface area (Å²) >= 11 is 0. The van der Waals surface area contributed by atoms with E-state index in [4.69, 9.17) is 4.74 Å². The fourth-order valence-electron chi connectivity index (χ4n) is 1.69. The summed E-state index contributed by atoms with van der Waals surface area (Å²) in [5.41, 5.74) is 0.405. The molecule has 0 atom stereocenters. The van der Waals surface area contributed by atoms with Gasteiger partial charge in [0.15, 0.2) is 0 Å². The van der Waals surface area contributed by atoms with Crippen LogP contribution >= 0.6 is 0 Å². The summed E-state index contributed by atoms with van der Waals surface area (Å²) in [6.07, 6.45) is 5.93. The summed E-state index contributed by atoms with van der Waals surface area (Å²) < 4.78 is 5.53. The van der Waals surface area contributed by atoms with E-state index in [0.29, 0.717) is 17.9 Å². The minimum absolute atomic E-state index is 0.0395. The SMILES string of the molecule is C=CCCCCCOc1ccc([N+](=O)[O-])cc1CO. The van der Waals surface area contributed by atoms with Crippen LogP contribution in [0.4, 0.5) is 5.69 Å². The first-order valence-corrected chi connectivity index (χ1v) is 6.31. The molecular weight excluding hydrogens is 246 g/mol. The van der Waals surface area contributed by atoms with E-state index in [1.54, 1.807) is 0 Å². The van der Waals surface area contributed by atoms with E-state index in [-0.39, 0.29) is 12.3 Å². The van der Waals surface area contributed by atoms with Gasteiger partial charge < -0.3 is 9.84 Å². The highest BCUT2D eigenvalue weighted by Crippen LogP contribution is 2.24. The van der Waals surface area contributed by atoms with Crippen LogP contribution in [0.2, 0.25) is 0 Å². The lowest BCUT2D eigenvalue weighted by atomic mass is 10.2. The van der Waals surface area contributed by atoms with E-state index in [9.17, 15) is 15.2 Å². The van der Waals surface area contributed by atoms with Gasteiger partial charge in [0.2, 0.25) is 0 Å². The number of hydrogen-bond donors (Lipinski definition) is 1. The first kappa shape index (κ1) is 15.2. The van der Waals surface area contributed by atoms with Gasteiger partial charge in [0, 0.05) is 17.7 Å². The Morgan fingerprint density at radius 1 is 1.37 bits per heavy atom. The molecule has 0 unspecified atom stereocenters. The van der Waals surface area contributed by atoms with Gasteiger partial charge in [-0.15, -0.1) is 6.58 Å². The van der Waals surface area contributed by atoms with Crippen molar-refractivity contribution in [3.05, 3.63) is 46.5 Å². The van der Waals surface area contributed by atoms with Crippen molar-refractivity contribution in [2.24, 2.45) is 0 Å². The Morgan fingerprint density at radius 3 is 2.79 bits per heavy atom. The van der Waals surface area contributed by atoms with Gasteiger partial charge >= 0.3 is 0 Å². The Morgan fingerprint density at radius 2 is 2.16 bits per heavy atom. The van der Waals surface area contributed by atoms with Crippen LogP contribution < -0.4 is 4.74 Å². The van der Waals surface area contributed by atoms with Crippen LogP contribution in [-0.4, -0.2) is 16.6 Å². The molecule has 1 N–H and O–H groups in total. The molecule has 0 amide bonds. The van der Waals surface area contributed by atoms with Crippen LogP contribution in [0.3, 0.4) is 0 Å². The van der Waals surface area contributed by atoms with E-state index < -0.39 is 4.92 Å². The van der Waals surface area contributed by atoms with Crippen molar-refractivity contribution in [2.75, 3.05) is 6.61 Å². The third-order valence-corrected chi connectivity index (χ3v) is 2.74. The monoisotopic (exact) mass is 265 g/mol. The zero-order valence-electron chi connectivity index (χ0n) is 10.9. The van der Waals surface area contributed by atoms with E-state index in [1.807, 2.05) is 6.08 Å². The second kappa shape index (κ2) is 8.26. The molecule has 1 aromatic rings. The summed E-state index contributed by atoms with van der Waals surface area (Å²) in [6, 6.07) is 4.26. The molecule has 0 radical (unpaired) electrons. The number of aliphatic hydroxyl groups excluding tert-OH is 1. The molecule has 0 saturated heterocycles. The maximum absolute atomic E-state index is 10.6. The quantitative estimate of drug-likeness (QED) is 0.322. The molecular formula is C14H19NO4. The summed E-state index contributed by atoms with van der Waals surface area (Å²) in [6.45, 7) is 3.93. The maximum atomic E-state index is 10.6. The van der Waals surface area contributed by atoms with Crippen molar-refractivity contribution in [2.45, 2.75) is 32.3 Å². The zero-order valence-corrected chi connectivity index (χ0v) is 10.9. The van der Waals surface area contributed by atoms with Gasteiger partial charge in [-0.25, -0.2) is 0 Å². The Labute approximate surface area is 112 Å². The number of nitro benzene ring substituents is 1. The van der Waals surface area contributed by atoms with E-state index in [1.165, 1.54) is 18.2 Å². The van der Waals surface area contributed by atoms with Crippen molar-refractivity contribution in [1.82, 2.24) is 0 Å². The highest BCUT2D eigenvalue weighted by molar-refractivity contribution is 5.43. The van der Waals surface area contributed by atoms with Gasteiger partial charge in [-0.05, 0) is 31.7 Å². The first-order valence-electron chi connectivity index (χ1n) is 6.31. The lowest BCUT2D eigenvalue weighted by molar-refractivity contribution is -0.385. The van der Waals surface area contributed by atoms with Gasteiger partial charge in [-0.3, -0.25) is 10.1 Å². The lowest BCUT2D eigenvalue weighted by Gasteiger charge is -2.09. The molecule has 0 spiro atoms. The van der Waals surface area contributed by atoms with Crippen LogP contribution in [0.25, 0.3) is 0 Å². The predicted molar refractivity (Wildman–Crippen MR) is 73.2 cm³/mol. The number of ether oxygens (including phenoxy) is 1. The third-order valence-electron chi connectivity index (χ3n) is 2.74. The number of nitrogens with zero attached hydrogens (tertiary/aromatic N) is 1. The number of allylic oxidation sites excluding steroid dienone is 1. The van der Waals surface area contributed by atoms with E-state index >= 15 is 0 Å². The van der Waals surface area contributed by atoms with Crippen LogP contribution in [0.1, 0.15) is 31.2 Å². The fourth-order valence-corrected chi connectivity index (χ4v) is 1.69. The highest BCUT2D eigenvalue weighted by Gasteiger charge is 2.10. The van der Waals surface area contributed by atoms with Crippen LogP contribution in [0, 0.1) is 10.1 Å². The smallest absolute Gasteiger partial charge is 0.270 e. The number of rotatable bonds is 9. The largest absolute Gasteiger partial charge is 0.493 e. The molecule has 5 heteroatoms. The molecule has 104 valence electrons. The molecule has 0 heterocycles. The number of nitro groups is 1. The standard InChI is InChI=1S/C14H19NO4/c1-2-3-4-5-6-9-19-14-8-7-13(15(17)18)10-12(14)11-16/h2,7-8,10,16H,1,3-6,9,11H2. The van der Waals surface area contributed by atoms with Crippen molar-refractivity contribution >= 4 is 5.69 Å². The summed E-state index contributed by atoms with van der Waals surface area (Å²) in [5, 5.41) is 19.8. The molecule has 0 aliphatic heterocycles. The third kappa shape index (κ3) is 5.09. The predicted octanol–water partition coefficient (Wildman–Crippen LogP) is 3.21. The van der Waals surface area contributed by atoms with Gasteiger partial charge in [0.05, 0.1) is 18.1 Å². The summed E-state index contributed by atoms with van der Waals surface area (Å²) in [4.78, 5) is 10.1. The van der Waals surface area contributed by atoms with Crippen molar-refractivity contribution in [1.29, 1.82) is 0 Å². The first-order chi connectivity index (χ1) is 9.19. The molecule has 1 aromatic carbocycles. The second-order valence-corrected chi connectivity index (χ2v) is 4.19. The molecule has 19 heavy (non-hydrogen) atoms. The minimum Gasteiger partial charge on any atom is -0.493 e. The molecule has 0 aliphatic rings. The highest BCUT2D eigenvalue weighted by atomic mass is 16.6. The molecule has 5 nitrogen and oxygen atoms in total.